The molecule has 3 saturated heterocycles. The van der Waals surface area contributed by atoms with E-state index in [1.54, 1.807) is 0 Å². The Morgan fingerprint density at radius 3 is 1.85 bits per heavy atom. The Morgan fingerprint density at radius 1 is 0.745 bits per heavy atom. The van der Waals surface area contributed by atoms with Gasteiger partial charge in [-0.2, -0.15) is 0 Å². The number of aliphatic hydroxyl groups is 7. The number of aliphatic carboxylic acids is 1. The second-order valence-corrected chi connectivity index (χ2v) is 11.9. The van der Waals surface area contributed by atoms with Crippen LogP contribution >= 0.6 is 0 Å². The van der Waals surface area contributed by atoms with Gasteiger partial charge >= 0.3 is 88.7 Å². The van der Waals surface area contributed by atoms with Crippen molar-refractivity contribution in [1.82, 2.24) is 4.72 Å². The van der Waals surface area contributed by atoms with Crippen molar-refractivity contribution in [1.29, 1.82) is 0 Å². The summed E-state index contributed by atoms with van der Waals surface area (Å²) in [5, 5.41) is 82.9. The normalized spacial score (nSPS) is 41.1. The number of aliphatic hydroxyl groups excluding tert-OH is 7. The van der Waals surface area contributed by atoms with Crippen LogP contribution in [0.1, 0.15) is 0 Å². The summed E-state index contributed by atoms with van der Waals surface area (Å²) in [6, 6.07) is -2.15. The molecule has 0 saturated carbocycles. The van der Waals surface area contributed by atoms with Gasteiger partial charge in [0.25, 0.3) is 0 Å². The minimum Gasteiger partial charge on any atom is -0.735 e. The molecule has 23 nitrogen and oxygen atoms in total. The molecule has 258 valence electrons. The van der Waals surface area contributed by atoms with Crippen LogP contribution < -0.4 is 98.5 Å². The first kappa shape index (κ1) is 48.7. The summed E-state index contributed by atoms with van der Waals surface area (Å²) in [4.78, 5) is 11.9. The third kappa shape index (κ3) is 12.9. The summed E-state index contributed by atoms with van der Waals surface area (Å²) in [5.41, 5.74) is 0. The minimum absolute atomic E-state index is 0. The number of hydrogen-bond acceptors (Lipinski definition) is 22. The van der Waals surface area contributed by atoms with E-state index in [4.69, 9.17) is 28.4 Å². The molecule has 0 bridgehead atoms. The molecule has 47 heavy (non-hydrogen) atoms. The maximum atomic E-state index is 11.9. The summed E-state index contributed by atoms with van der Waals surface area (Å²) in [6.45, 7) is -2.00. The van der Waals surface area contributed by atoms with Gasteiger partial charge in [-0.3, -0.25) is 4.18 Å². The molecular weight excluding hydrogens is 727 g/mol. The maximum Gasteiger partial charge on any atom is 1.00 e. The molecule has 0 aromatic rings. The molecule has 8 N–H and O–H groups in total. The molecular formula is C19H30NNa3O22S2. The fourth-order valence-corrected chi connectivity index (χ4v) is 5.52. The van der Waals surface area contributed by atoms with E-state index in [1.807, 2.05) is 0 Å². The average Bonchev–Trinajstić information content (AvgIpc) is 2.91. The summed E-state index contributed by atoms with van der Waals surface area (Å²) >= 11 is 0. The van der Waals surface area contributed by atoms with Crippen molar-refractivity contribution < 1.29 is 193 Å². The molecule has 0 spiro atoms. The van der Waals surface area contributed by atoms with Crippen molar-refractivity contribution in [2.75, 3.05) is 20.3 Å². The van der Waals surface area contributed by atoms with Gasteiger partial charge in [-0.25, -0.2) is 21.6 Å². The van der Waals surface area contributed by atoms with E-state index in [0.29, 0.717) is 0 Å². The molecule has 1 unspecified atom stereocenters. The van der Waals surface area contributed by atoms with Crippen LogP contribution in [0.15, 0.2) is 0 Å². The van der Waals surface area contributed by atoms with Crippen molar-refractivity contribution in [3.05, 3.63) is 0 Å². The molecule has 28 heteroatoms. The number of carboxylic acid groups (broad SMARTS) is 1. The van der Waals surface area contributed by atoms with Crippen molar-refractivity contribution in [2.24, 2.45) is 0 Å². The number of ether oxygens (including phenoxy) is 6. The van der Waals surface area contributed by atoms with Crippen LogP contribution in [-0.4, -0.2) is 180 Å². The molecule has 0 aliphatic carbocycles. The SMILES string of the molecule is CO[C@H]1[C@H](O)[C@@H](NS(=O)(=O)[O-])[C@@H](O[C@H]2[C@H](O)[C@@H](O)[C@H](OC[C@H]3OC(O)[C@H](O)[C@@H](O)[C@@H]3O)O[C@@H]2C(=O)[O-])O[C@@H]1COS(=O)(=O)[O-].[Na+].[Na+].[Na+]. The Hall–Kier alpha value is 1.69. The quantitative estimate of drug-likeness (QED) is 0.0520. The third-order valence-electron chi connectivity index (χ3n) is 6.78. The molecule has 0 aromatic carbocycles. The van der Waals surface area contributed by atoms with E-state index in [-0.39, 0.29) is 88.7 Å². The van der Waals surface area contributed by atoms with Gasteiger partial charge in [-0.1, -0.05) is 0 Å². The van der Waals surface area contributed by atoms with Gasteiger partial charge in [0.1, 0.15) is 73.2 Å². The van der Waals surface area contributed by atoms with E-state index in [9.17, 15) is 71.6 Å². The first-order chi connectivity index (χ1) is 20.3. The van der Waals surface area contributed by atoms with Gasteiger partial charge in [-0.15, -0.1) is 0 Å². The third-order valence-corrected chi connectivity index (χ3v) is 7.77. The van der Waals surface area contributed by atoms with Crippen molar-refractivity contribution in [3.8, 4) is 0 Å². The summed E-state index contributed by atoms with van der Waals surface area (Å²) in [5.74, 6) is -2.14. The predicted octanol–water partition coefficient (Wildman–Crippen LogP) is -18.6. The fraction of sp³-hybridized carbons (Fsp3) is 0.947. The zero-order valence-corrected chi connectivity index (χ0v) is 32.8. The Balaban J connectivity index is 0.00000705. The van der Waals surface area contributed by atoms with Crippen LogP contribution in [0.25, 0.3) is 0 Å². The number of carbonyl (C=O) groups is 1. The van der Waals surface area contributed by atoms with Crippen LogP contribution in [0.3, 0.4) is 0 Å². The summed E-state index contributed by atoms with van der Waals surface area (Å²) < 4.78 is 103. The molecule has 3 fully saturated rings. The van der Waals surface area contributed by atoms with E-state index in [1.165, 1.54) is 4.72 Å². The van der Waals surface area contributed by atoms with E-state index in [2.05, 4.69) is 4.18 Å². The number of rotatable bonds is 12. The Labute approximate surface area is 333 Å². The number of carboxylic acids is 1. The molecule has 15 atom stereocenters. The first-order valence-electron chi connectivity index (χ1n) is 12.3. The summed E-state index contributed by atoms with van der Waals surface area (Å²) in [6.07, 6.45) is -28.4. The Morgan fingerprint density at radius 2 is 1.34 bits per heavy atom. The zero-order chi connectivity index (χ0) is 33.3. The van der Waals surface area contributed by atoms with E-state index in [0.717, 1.165) is 7.11 Å². The topological polar surface area (TPSA) is 373 Å². The first-order valence-corrected chi connectivity index (χ1v) is 15.1. The largest absolute Gasteiger partial charge is 1.00 e. The predicted molar refractivity (Wildman–Crippen MR) is 123 cm³/mol. The van der Waals surface area contributed by atoms with Crippen molar-refractivity contribution in [2.45, 2.75) is 92.1 Å². The molecule has 3 rings (SSSR count). The second-order valence-electron chi connectivity index (χ2n) is 9.72. The second kappa shape index (κ2) is 20.2. The van der Waals surface area contributed by atoms with Crippen LogP contribution in [0.4, 0.5) is 0 Å². The minimum atomic E-state index is -5.44. The number of nitrogens with one attached hydrogen (secondary N) is 1. The standard InChI is InChI=1S/C19H33NO22S2.3Na/c1-36-13-5(3-38-44(33,34)35)40-18(6(8(13)22)20-43(30,31)32)41-14-10(24)12(26)19(42-15(14)16(27)28)37-2-4-7(21)9(23)11(25)17(29)39-4;;;/h4-15,17-26,29H,2-3H2,1H3,(H,27,28)(H,30,31,32)(H,33,34,35);;;/q;3*+1/p-3/t4-,5-,6-,7-,8-,9+,10-,11-,12-,13-,14+,15+,17?,18-,19-;;;/m1.../s1. The molecule has 0 aromatic heterocycles. The van der Waals surface area contributed by atoms with Crippen LogP contribution in [-0.2, 0) is 58.1 Å². The smallest absolute Gasteiger partial charge is 0.735 e. The van der Waals surface area contributed by atoms with Crippen molar-refractivity contribution in [3.63, 3.8) is 0 Å². The van der Waals surface area contributed by atoms with E-state index >= 15 is 0 Å². The van der Waals surface area contributed by atoms with Gasteiger partial charge < -0.3 is 83.2 Å². The van der Waals surface area contributed by atoms with Gasteiger partial charge in [0.2, 0.25) is 10.4 Å². The number of carbonyl (C=O) groups excluding carboxylic acids is 1. The van der Waals surface area contributed by atoms with Crippen LogP contribution in [0, 0.1) is 0 Å². The van der Waals surface area contributed by atoms with Crippen molar-refractivity contribution >= 4 is 26.7 Å². The average molecular weight is 758 g/mol. The van der Waals surface area contributed by atoms with Gasteiger partial charge in [0.05, 0.1) is 19.2 Å². The van der Waals surface area contributed by atoms with Gasteiger partial charge in [0, 0.05) is 7.11 Å². The molecule has 0 radical (unpaired) electrons. The van der Waals surface area contributed by atoms with E-state index < -0.39 is 132 Å². The number of hydrogen-bond donors (Lipinski definition) is 8. The summed E-state index contributed by atoms with van der Waals surface area (Å²) in [7, 11) is -9.86. The van der Waals surface area contributed by atoms with Gasteiger partial charge in [0.15, 0.2) is 29.2 Å². The fourth-order valence-electron chi connectivity index (χ4n) is 4.63. The molecule has 0 amide bonds. The molecule has 3 aliphatic rings. The monoisotopic (exact) mass is 757 g/mol. The molecule has 3 heterocycles. The maximum absolute atomic E-state index is 11.9. The zero-order valence-electron chi connectivity index (χ0n) is 25.1. The van der Waals surface area contributed by atoms with Gasteiger partial charge in [-0.05, 0) is 0 Å². The Kier molecular flexibility index (Phi) is 21.0. The Bertz CT molecular complexity index is 1200. The van der Waals surface area contributed by atoms with Crippen LogP contribution in [0.5, 0.6) is 0 Å². The van der Waals surface area contributed by atoms with Crippen LogP contribution in [0.2, 0.25) is 0 Å². The number of methoxy groups -OCH3 is 1. The molecule has 3 aliphatic heterocycles.